The number of thiophene rings is 1. The second-order valence-electron chi connectivity index (χ2n) is 8.50. The first kappa shape index (κ1) is 22.9. The average molecular weight is 438 g/mol. The molecule has 4 rings (SSSR count). The summed E-state index contributed by atoms with van der Waals surface area (Å²) in [6, 6.07) is 3.74. The van der Waals surface area contributed by atoms with E-state index in [1.54, 1.807) is 12.1 Å². The molecule has 3 fully saturated rings. The predicted octanol–water partition coefficient (Wildman–Crippen LogP) is 1.11. The van der Waals surface area contributed by atoms with Gasteiger partial charge in [0, 0.05) is 45.3 Å². The largest absolute Gasteiger partial charge is 0.483 e. The SMILES string of the molecule is CC(=O)c1ccc(C(=O)N2C[C@H]3C[C@@H](N4CCN(C)CC4)[C@H](O)C[C@H]3C2)s1.O=CO. The van der Waals surface area contributed by atoms with E-state index in [0.717, 1.165) is 52.1 Å². The lowest BCUT2D eigenvalue weighted by Crippen LogP contribution is -2.55. The number of carbonyl (C=O) groups excluding carboxylic acids is 2. The van der Waals surface area contributed by atoms with Crippen LogP contribution in [0.2, 0.25) is 0 Å². The molecule has 2 saturated heterocycles. The van der Waals surface area contributed by atoms with Crippen molar-refractivity contribution in [2.24, 2.45) is 11.8 Å². The van der Waals surface area contributed by atoms with Crippen LogP contribution in [0.3, 0.4) is 0 Å². The number of ketones is 1. The number of rotatable bonds is 3. The van der Waals surface area contributed by atoms with Crippen LogP contribution in [0.25, 0.3) is 0 Å². The Morgan fingerprint density at radius 1 is 1.07 bits per heavy atom. The number of fused-ring (bicyclic) bond motifs is 1. The smallest absolute Gasteiger partial charge is 0.290 e. The van der Waals surface area contributed by atoms with Crippen molar-refractivity contribution in [1.29, 1.82) is 0 Å². The van der Waals surface area contributed by atoms with Gasteiger partial charge in [-0.1, -0.05) is 0 Å². The van der Waals surface area contributed by atoms with E-state index in [0.29, 0.717) is 21.6 Å². The summed E-state index contributed by atoms with van der Waals surface area (Å²) < 4.78 is 0. The first-order valence-electron chi connectivity index (χ1n) is 10.4. The molecule has 0 unspecified atom stereocenters. The van der Waals surface area contributed by atoms with Gasteiger partial charge in [-0.2, -0.15) is 0 Å². The summed E-state index contributed by atoms with van der Waals surface area (Å²) in [5.74, 6) is 0.897. The van der Waals surface area contributed by atoms with Crippen molar-refractivity contribution in [2.75, 3.05) is 46.3 Å². The van der Waals surface area contributed by atoms with Crippen molar-refractivity contribution in [3.8, 4) is 0 Å². The molecule has 1 amide bonds. The minimum atomic E-state index is -0.296. The lowest BCUT2D eigenvalue weighted by Gasteiger charge is -2.44. The maximum Gasteiger partial charge on any atom is 0.290 e. The second kappa shape index (κ2) is 10.00. The third-order valence-corrected chi connectivity index (χ3v) is 7.74. The Hall–Kier alpha value is -1.81. The summed E-state index contributed by atoms with van der Waals surface area (Å²) in [7, 11) is 2.15. The third kappa shape index (κ3) is 5.08. The molecule has 1 aromatic heterocycles. The van der Waals surface area contributed by atoms with Crippen LogP contribution in [-0.2, 0) is 4.79 Å². The van der Waals surface area contributed by atoms with Crippen LogP contribution in [-0.4, -0.2) is 102 Å². The summed E-state index contributed by atoms with van der Waals surface area (Å²) in [6.45, 7) is 6.92. The maximum absolute atomic E-state index is 12.9. The van der Waals surface area contributed by atoms with Gasteiger partial charge < -0.3 is 20.0 Å². The zero-order valence-corrected chi connectivity index (χ0v) is 18.4. The van der Waals surface area contributed by atoms with Gasteiger partial charge in [0.2, 0.25) is 0 Å². The number of nitrogens with zero attached hydrogens (tertiary/aromatic N) is 3. The van der Waals surface area contributed by atoms with Gasteiger partial charge in [0.15, 0.2) is 5.78 Å². The van der Waals surface area contributed by atoms with Gasteiger partial charge in [-0.25, -0.2) is 0 Å². The van der Waals surface area contributed by atoms with E-state index >= 15 is 0 Å². The van der Waals surface area contributed by atoms with E-state index < -0.39 is 0 Å². The highest BCUT2D eigenvalue weighted by atomic mass is 32.1. The molecule has 3 aliphatic rings. The number of hydrogen-bond acceptors (Lipinski definition) is 7. The number of aliphatic hydroxyl groups is 1. The fourth-order valence-electron chi connectivity index (χ4n) is 4.92. The summed E-state index contributed by atoms with van der Waals surface area (Å²) in [6.07, 6.45) is 1.47. The number of carbonyl (C=O) groups is 3. The number of likely N-dealkylation sites (N-methyl/N-ethyl adjacent to an activating group) is 1. The van der Waals surface area contributed by atoms with Crippen molar-refractivity contribution in [3.63, 3.8) is 0 Å². The summed E-state index contributed by atoms with van der Waals surface area (Å²) in [5.41, 5.74) is 0. The van der Waals surface area contributed by atoms with Crippen LogP contribution >= 0.6 is 11.3 Å². The number of hydrogen-bond donors (Lipinski definition) is 2. The Kier molecular flexibility index (Phi) is 7.62. The lowest BCUT2D eigenvalue weighted by molar-refractivity contribution is -0.122. The molecule has 8 nitrogen and oxygen atoms in total. The Labute approximate surface area is 181 Å². The molecule has 1 aromatic rings. The van der Waals surface area contributed by atoms with Crippen LogP contribution in [0.4, 0.5) is 0 Å². The van der Waals surface area contributed by atoms with Crippen LogP contribution in [0.15, 0.2) is 12.1 Å². The normalized spacial score (nSPS) is 29.6. The minimum Gasteiger partial charge on any atom is -0.483 e. The molecular weight excluding hydrogens is 406 g/mol. The summed E-state index contributed by atoms with van der Waals surface area (Å²) in [5, 5.41) is 17.6. The van der Waals surface area contributed by atoms with Crippen molar-refractivity contribution >= 4 is 29.5 Å². The van der Waals surface area contributed by atoms with E-state index in [2.05, 4.69) is 16.8 Å². The highest BCUT2D eigenvalue weighted by Gasteiger charge is 2.45. The number of amides is 1. The molecule has 0 radical (unpaired) electrons. The van der Waals surface area contributed by atoms with Crippen LogP contribution in [0, 0.1) is 11.8 Å². The second-order valence-corrected chi connectivity index (χ2v) is 9.58. The van der Waals surface area contributed by atoms with Crippen molar-refractivity contribution < 1.29 is 24.6 Å². The standard InChI is InChI=1S/C20H29N3O3S.CH2O2/c1-13(24)18-3-4-19(27-18)20(26)23-11-14-9-16(17(25)10-15(14)12-23)22-7-5-21(2)6-8-22;2-1-3/h3-4,14-17,25H,5-12H2,1-2H3;1H,(H,2,3)/t14-,15+,16-,17-;/m1./s1. The fourth-order valence-corrected chi connectivity index (χ4v) is 5.79. The maximum atomic E-state index is 12.9. The molecule has 0 bridgehead atoms. The molecule has 1 saturated carbocycles. The van der Waals surface area contributed by atoms with Crippen LogP contribution in [0.1, 0.15) is 39.1 Å². The molecule has 3 heterocycles. The Morgan fingerprint density at radius 2 is 1.63 bits per heavy atom. The molecule has 2 N–H and O–H groups in total. The fraction of sp³-hybridized carbons (Fsp3) is 0.667. The monoisotopic (exact) mass is 437 g/mol. The molecule has 4 atom stereocenters. The molecule has 166 valence electrons. The van der Waals surface area contributed by atoms with E-state index in [1.807, 2.05) is 4.90 Å². The van der Waals surface area contributed by atoms with E-state index in [1.165, 1.54) is 18.3 Å². The van der Waals surface area contributed by atoms with Gasteiger partial charge in [-0.15, -0.1) is 11.3 Å². The molecule has 2 aliphatic heterocycles. The average Bonchev–Trinajstić information content (AvgIpc) is 3.35. The first-order valence-corrected chi connectivity index (χ1v) is 11.2. The molecule has 1 aliphatic carbocycles. The number of piperazine rings is 1. The Bertz CT molecular complexity index is 762. The number of Topliss-reactive ketones (excluding diaryl/α,β-unsaturated/α-hetero) is 1. The predicted molar refractivity (Wildman–Crippen MR) is 114 cm³/mol. The quantitative estimate of drug-likeness (QED) is 0.540. The van der Waals surface area contributed by atoms with Gasteiger partial charge in [-0.05, 0) is 50.8 Å². The van der Waals surface area contributed by atoms with Gasteiger partial charge in [-0.3, -0.25) is 19.3 Å². The summed E-state index contributed by atoms with van der Waals surface area (Å²) >= 11 is 1.29. The molecule has 30 heavy (non-hydrogen) atoms. The first-order chi connectivity index (χ1) is 14.3. The zero-order chi connectivity index (χ0) is 21.8. The summed E-state index contributed by atoms with van der Waals surface area (Å²) in [4.78, 5) is 40.7. The Balaban J connectivity index is 0.000000806. The van der Waals surface area contributed by atoms with Gasteiger partial charge in [0.05, 0.1) is 15.9 Å². The van der Waals surface area contributed by atoms with Crippen molar-refractivity contribution in [3.05, 3.63) is 21.9 Å². The molecule has 0 aromatic carbocycles. The van der Waals surface area contributed by atoms with Crippen molar-refractivity contribution in [2.45, 2.75) is 31.9 Å². The zero-order valence-electron chi connectivity index (χ0n) is 17.6. The van der Waals surface area contributed by atoms with E-state index in [-0.39, 0.29) is 30.3 Å². The number of aliphatic hydroxyl groups excluding tert-OH is 1. The van der Waals surface area contributed by atoms with Crippen molar-refractivity contribution in [1.82, 2.24) is 14.7 Å². The molecule has 0 spiro atoms. The third-order valence-electron chi connectivity index (χ3n) is 6.57. The van der Waals surface area contributed by atoms with E-state index in [9.17, 15) is 14.7 Å². The van der Waals surface area contributed by atoms with Crippen LogP contribution < -0.4 is 0 Å². The molecule has 9 heteroatoms. The lowest BCUT2D eigenvalue weighted by atomic mass is 9.77. The number of likely N-dealkylation sites (tertiary alicyclic amines) is 1. The number of carboxylic acid groups (broad SMARTS) is 1. The molecular formula is C21H31N3O5S. The minimum absolute atomic E-state index is 0.00674. The highest BCUT2D eigenvalue weighted by molar-refractivity contribution is 7.15. The van der Waals surface area contributed by atoms with E-state index in [4.69, 9.17) is 9.90 Å². The van der Waals surface area contributed by atoms with Gasteiger partial charge >= 0.3 is 0 Å². The van der Waals surface area contributed by atoms with Gasteiger partial charge in [0.1, 0.15) is 0 Å². The Morgan fingerprint density at radius 3 is 2.20 bits per heavy atom. The van der Waals surface area contributed by atoms with Crippen LogP contribution in [0.5, 0.6) is 0 Å². The topological polar surface area (TPSA) is 101 Å². The highest BCUT2D eigenvalue weighted by Crippen LogP contribution is 2.39. The van der Waals surface area contributed by atoms with Gasteiger partial charge in [0.25, 0.3) is 12.4 Å².